The fraction of sp³-hybridized carbons (Fsp3) is 0.417. The molecule has 1 heterocycles. The van der Waals surface area contributed by atoms with Gasteiger partial charge in [0.05, 0.1) is 15.6 Å². The molecule has 0 aliphatic heterocycles. The highest BCUT2D eigenvalue weighted by Gasteiger charge is 2.20. The van der Waals surface area contributed by atoms with Crippen LogP contribution in [0.4, 0.5) is 5.69 Å². The summed E-state index contributed by atoms with van der Waals surface area (Å²) in [5.74, 6) is 0. The molecule has 2 rings (SSSR count). The lowest BCUT2D eigenvalue weighted by atomic mass is 10.3. The maximum atomic E-state index is 11.9. The average Bonchev–Trinajstić information content (AvgIpc) is 3.16. The molecule has 0 saturated heterocycles. The first-order chi connectivity index (χ1) is 8.97. The Kier molecular flexibility index (Phi) is 4.16. The molecule has 1 fully saturated rings. The zero-order valence-corrected chi connectivity index (χ0v) is 11.9. The Morgan fingerprint density at radius 1 is 1.63 bits per heavy atom. The van der Waals surface area contributed by atoms with Gasteiger partial charge in [0.25, 0.3) is 11.2 Å². The molecule has 0 spiro atoms. The van der Waals surface area contributed by atoms with Gasteiger partial charge in [0, 0.05) is 25.2 Å². The summed E-state index contributed by atoms with van der Waals surface area (Å²) in [7, 11) is 0. The number of hydrogen-bond acceptors (Lipinski definition) is 4. The van der Waals surface area contributed by atoms with Gasteiger partial charge in [-0.15, -0.1) is 0 Å². The van der Waals surface area contributed by atoms with Gasteiger partial charge in [-0.1, -0.05) is 6.58 Å². The molecule has 102 valence electrons. The van der Waals surface area contributed by atoms with E-state index in [4.69, 9.17) is 0 Å². The van der Waals surface area contributed by atoms with Crippen LogP contribution in [0.5, 0.6) is 0 Å². The summed E-state index contributed by atoms with van der Waals surface area (Å²) in [6.45, 7) is 4.79. The van der Waals surface area contributed by atoms with E-state index in [0.717, 1.165) is 5.57 Å². The number of hydrogen-bond donors (Lipinski definition) is 1. The maximum Gasteiger partial charge on any atom is 0.286 e. The van der Waals surface area contributed by atoms with E-state index in [0.29, 0.717) is 12.6 Å². The zero-order chi connectivity index (χ0) is 14.0. The van der Waals surface area contributed by atoms with Crippen molar-refractivity contribution in [2.75, 3.05) is 6.54 Å². The predicted molar refractivity (Wildman–Crippen MR) is 75.2 cm³/mol. The summed E-state index contributed by atoms with van der Waals surface area (Å²) in [5.41, 5.74) is 0.411. The molecular formula is C12H14BrN3O3. The molecular weight excluding hydrogens is 314 g/mol. The molecule has 7 heteroatoms. The van der Waals surface area contributed by atoms with Crippen LogP contribution in [0.3, 0.4) is 0 Å². The molecule has 1 aromatic heterocycles. The fourth-order valence-corrected chi connectivity index (χ4v) is 2.14. The van der Waals surface area contributed by atoms with Gasteiger partial charge in [0.1, 0.15) is 0 Å². The molecule has 0 atom stereocenters. The minimum Gasteiger partial charge on any atom is -0.310 e. The number of nitro groups is 1. The Bertz CT molecular complexity index is 578. The molecule has 1 N–H and O–H groups in total. The largest absolute Gasteiger partial charge is 0.310 e. The van der Waals surface area contributed by atoms with Gasteiger partial charge >= 0.3 is 0 Å². The SMILES string of the molecule is C=C(CNC1CC1)Cn1cc([N+](=O)[O-])cc(Br)c1=O. The highest BCUT2D eigenvalue weighted by atomic mass is 79.9. The Labute approximate surface area is 118 Å². The quantitative estimate of drug-likeness (QED) is 0.491. The van der Waals surface area contributed by atoms with Crippen LogP contribution in [0.15, 0.2) is 33.7 Å². The van der Waals surface area contributed by atoms with Crippen LogP contribution in [0.1, 0.15) is 12.8 Å². The topological polar surface area (TPSA) is 77.2 Å². The van der Waals surface area contributed by atoms with Crippen molar-refractivity contribution < 1.29 is 4.92 Å². The molecule has 0 bridgehead atoms. The lowest BCUT2D eigenvalue weighted by molar-refractivity contribution is -0.385. The summed E-state index contributed by atoms with van der Waals surface area (Å²) >= 11 is 3.04. The van der Waals surface area contributed by atoms with Crippen LogP contribution in [-0.2, 0) is 6.54 Å². The van der Waals surface area contributed by atoms with E-state index < -0.39 is 4.92 Å². The minimum absolute atomic E-state index is 0.116. The van der Waals surface area contributed by atoms with E-state index in [1.807, 2.05) is 0 Å². The number of pyridine rings is 1. The summed E-state index contributed by atoms with van der Waals surface area (Å²) in [5, 5.41) is 14.0. The van der Waals surface area contributed by atoms with E-state index >= 15 is 0 Å². The van der Waals surface area contributed by atoms with Gasteiger partial charge in [0.15, 0.2) is 0 Å². The van der Waals surface area contributed by atoms with Gasteiger partial charge in [-0.3, -0.25) is 14.9 Å². The second-order valence-electron chi connectivity index (χ2n) is 4.64. The van der Waals surface area contributed by atoms with Gasteiger partial charge in [-0.25, -0.2) is 0 Å². The number of halogens is 1. The van der Waals surface area contributed by atoms with Crippen LogP contribution in [0, 0.1) is 10.1 Å². The lowest BCUT2D eigenvalue weighted by Gasteiger charge is -2.09. The Balaban J connectivity index is 2.11. The first-order valence-electron chi connectivity index (χ1n) is 5.92. The minimum atomic E-state index is -0.522. The van der Waals surface area contributed by atoms with Crippen molar-refractivity contribution in [1.29, 1.82) is 0 Å². The van der Waals surface area contributed by atoms with Crippen molar-refractivity contribution in [2.45, 2.75) is 25.4 Å². The molecule has 19 heavy (non-hydrogen) atoms. The summed E-state index contributed by atoms with van der Waals surface area (Å²) < 4.78 is 1.49. The highest BCUT2D eigenvalue weighted by Crippen LogP contribution is 2.19. The van der Waals surface area contributed by atoms with Crippen LogP contribution in [-0.4, -0.2) is 22.1 Å². The van der Waals surface area contributed by atoms with Crippen molar-refractivity contribution in [3.05, 3.63) is 49.4 Å². The monoisotopic (exact) mass is 327 g/mol. The van der Waals surface area contributed by atoms with E-state index in [1.165, 1.54) is 29.7 Å². The smallest absolute Gasteiger partial charge is 0.286 e. The molecule has 6 nitrogen and oxygen atoms in total. The van der Waals surface area contributed by atoms with E-state index in [2.05, 4.69) is 27.8 Å². The summed E-state index contributed by atoms with van der Waals surface area (Å²) in [4.78, 5) is 22.1. The normalized spacial score (nSPS) is 14.4. The van der Waals surface area contributed by atoms with Crippen molar-refractivity contribution >= 4 is 21.6 Å². The predicted octanol–water partition coefficient (Wildman–Crippen LogP) is 1.83. The van der Waals surface area contributed by atoms with Crippen LogP contribution in [0.25, 0.3) is 0 Å². The Morgan fingerprint density at radius 3 is 2.89 bits per heavy atom. The van der Waals surface area contributed by atoms with Crippen LogP contribution < -0.4 is 10.9 Å². The zero-order valence-electron chi connectivity index (χ0n) is 10.3. The molecule has 0 unspecified atom stereocenters. The van der Waals surface area contributed by atoms with E-state index in [1.54, 1.807) is 0 Å². The first kappa shape index (κ1) is 14.0. The molecule has 1 aromatic rings. The number of nitrogens with zero attached hydrogens (tertiary/aromatic N) is 2. The first-order valence-corrected chi connectivity index (χ1v) is 6.71. The molecule has 0 aromatic carbocycles. The average molecular weight is 328 g/mol. The Morgan fingerprint density at radius 2 is 2.32 bits per heavy atom. The van der Waals surface area contributed by atoms with Gasteiger partial charge < -0.3 is 9.88 Å². The number of rotatable bonds is 6. The van der Waals surface area contributed by atoms with Crippen molar-refractivity contribution in [2.24, 2.45) is 0 Å². The second-order valence-corrected chi connectivity index (χ2v) is 5.50. The van der Waals surface area contributed by atoms with E-state index in [-0.39, 0.29) is 22.3 Å². The Hall–Kier alpha value is -1.47. The third-order valence-electron chi connectivity index (χ3n) is 2.85. The van der Waals surface area contributed by atoms with Crippen LogP contribution >= 0.6 is 15.9 Å². The summed E-state index contributed by atoms with van der Waals surface area (Å²) in [6, 6.07) is 1.77. The van der Waals surface area contributed by atoms with Crippen molar-refractivity contribution in [3.8, 4) is 0 Å². The highest BCUT2D eigenvalue weighted by molar-refractivity contribution is 9.10. The van der Waals surface area contributed by atoms with Gasteiger partial charge in [-0.05, 0) is 34.3 Å². The third-order valence-corrected chi connectivity index (χ3v) is 3.42. The van der Waals surface area contributed by atoms with Crippen molar-refractivity contribution in [3.63, 3.8) is 0 Å². The number of nitrogens with one attached hydrogen (secondary N) is 1. The van der Waals surface area contributed by atoms with Gasteiger partial charge in [0.2, 0.25) is 0 Å². The molecule has 1 saturated carbocycles. The molecule has 0 radical (unpaired) electrons. The second kappa shape index (κ2) is 5.66. The molecule has 1 aliphatic carbocycles. The maximum absolute atomic E-state index is 11.9. The summed E-state index contributed by atoms with van der Waals surface area (Å²) in [6.07, 6.45) is 3.60. The third kappa shape index (κ3) is 3.74. The fourth-order valence-electron chi connectivity index (χ4n) is 1.67. The molecule has 1 aliphatic rings. The van der Waals surface area contributed by atoms with E-state index in [9.17, 15) is 14.9 Å². The van der Waals surface area contributed by atoms with Crippen molar-refractivity contribution in [1.82, 2.24) is 9.88 Å². The standard InChI is InChI=1S/C12H14BrN3O3/c1-8(5-14-9-2-3-9)6-15-7-10(16(18)19)4-11(13)12(15)17/h4,7,9,14H,1-3,5-6H2. The van der Waals surface area contributed by atoms with Crippen LogP contribution in [0.2, 0.25) is 0 Å². The van der Waals surface area contributed by atoms with Gasteiger partial charge in [-0.2, -0.15) is 0 Å². The lowest BCUT2D eigenvalue weighted by Crippen LogP contribution is -2.26. The molecule has 0 amide bonds. The number of aromatic nitrogens is 1.